The highest BCUT2D eigenvalue weighted by Crippen LogP contribution is 2.34. The number of ether oxygens (including phenoxy) is 1. The lowest BCUT2D eigenvalue weighted by Gasteiger charge is -2.22. The first kappa shape index (κ1) is 14.9. The van der Waals surface area contributed by atoms with Crippen molar-refractivity contribution >= 4 is 5.91 Å². The van der Waals surface area contributed by atoms with Gasteiger partial charge >= 0.3 is 0 Å². The Kier molecular flexibility index (Phi) is 5.05. The highest BCUT2D eigenvalue weighted by atomic mass is 16.5. The van der Waals surface area contributed by atoms with E-state index in [1.54, 1.807) is 0 Å². The highest BCUT2D eigenvalue weighted by Gasteiger charge is 2.24. The number of amides is 1. The third-order valence-electron chi connectivity index (χ3n) is 4.17. The zero-order valence-electron chi connectivity index (χ0n) is 12.7. The first-order chi connectivity index (χ1) is 9.67. The van der Waals surface area contributed by atoms with E-state index in [2.05, 4.69) is 38.2 Å². The van der Waals surface area contributed by atoms with E-state index in [0.717, 1.165) is 49.2 Å². The van der Waals surface area contributed by atoms with Crippen molar-refractivity contribution in [1.82, 2.24) is 5.32 Å². The summed E-state index contributed by atoms with van der Waals surface area (Å²) in [4.78, 5) is 12.3. The topological polar surface area (TPSA) is 38.3 Å². The maximum absolute atomic E-state index is 12.3. The Labute approximate surface area is 121 Å². The van der Waals surface area contributed by atoms with Crippen LogP contribution in [0.5, 0.6) is 5.75 Å². The van der Waals surface area contributed by atoms with E-state index < -0.39 is 0 Å². The molecule has 0 saturated heterocycles. The van der Waals surface area contributed by atoms with E-state index in [1.165, 1.54) is 0 Å². The van der Waals surface area contributed by atoms with Crippen LogP contribution in [0.1, 0.15) is 56.7 Å². The van der Waals surface area contributed by atoms with Gasteiger partial charge in [-0.1, -0.05) is 32.0 Å². The Balaban J connectivity index is 2.21. The fourth-order valence-electron chi connectivity index (χ4n) is 2.86. The number of carbonyl (C=O) groups is 1. The molecule has 0 radical (unpaired) electrons. The maximum Gasteiger partial charge on any atom is 0.223 e. The van der Waals surface area contributed by atoms with Crippen molar-refractivity contribution in [2.24, 2.45) is 5.92 Å². The molecular weight excluding hydrogens is 250 g/mol. The summed E-state index contributed by atoms with van der Waals surface area (Å²) < 4.78 is 5.85. The molecule has 1 unspecified atom stereocenters. The quantitative estimate of drug-likeness (QED) is 0.908. The Morgan fingerprint density at radius 1 is 1.40 bits per heavy atom. The predicted octanol–water partition coefficient (Wildman–Crippen LogP) is 3.76. The highest BCUT2D eigenvalue weighted by molar-refractivity contribution is 5.79. The molecule has 0 aliphatic carbocycles. The van der Waals surface area contributed by atoms with Crippen LogP contribution in [0.15, 0.2) is 18.2 Å². The van der Waals surface area contributed by atoms with E-state index in [4.69, 9.17) is 4.74 Å². The second-order valence-electron chi connectivity index (χ2n) is 5.56. The molecule has 110 valence electrons. The Hall–Kier alpha value is -1.51. The van der Waals surface area contributed by atoms with Gasteiger partial charge in [-0.25, -0.2) is 0 Å². The van der Waals surface area contributed by atoms with Crippen molar-refractivity contribution in [3.63, 3.8) is 0 Å². The van der Waals surface area contributed by atoms with Crippen molar-refractivity contribution in [2.45, 2.75) is 52.5 Å². The second kappa shape index (κ2) is 6.78. The molecule has 0 bridgehead atoms. The molecule has 1 heterocycles. The van der Waals surface area contributed by atoms with Gasteiger partial charge in [0, 0.05) is 11.5 Å². The van der Waals surface area contributed by atoms with Crippen LogP contribution in [0.25, 0.3) is 0 Å². The molecule has 3 heteroatoms. The lowest BCUT2D eigenvalue weighted by Crippen LogP contribution is -2.33. The number of rotatable bonds is 4. The molecule has 0 aromatic heterocycles. The first-order valence-corrected chi connectivity index (χ1v) is 7.70. The van der Waals surface area contributed by atoms with Crippen LogP contribution in [-0.4, -0.2) is 12.5 Å². The van der Waals surface area contributed by atoms with E-state index in [1.807, 2.05) is 6.07 Å². The molecule has 0 fully saturated rings. The molecule has 1 N–H and O–H groups in total. The molecule has 1 atom stereocenters. The summed E-state index contributed by atoms with van der Waals surface area (Å²) in [5.41, 5.74) is 2.27. The molecular formula is C17H25NO2. The molecule has 1 aliphatic rings. The van der Waals surface area contributed by atoms with Gasteiger partial charge < -0.3 is 10.1 Å². The van der Waals surface area contributed by atoms with Crippen LogP contribution < -0.4 is 10.1 Å². The normalized spacial score (nSPS) is 18.1. The average Bonchev–Trinajstić information content (AvgIpc) is 2.64. The lowest BCUT2D eigenvalue weighted by molar-refractivity contribution is -0.126. The summed E-state index contributed by atoms with van der Waals surface area (Å²) in [7, 11) is 0. The Bertz CT molecular complexity index is 466. The summed E-state index contributed by atoms with van der Waals surface area (Å²) in [5, 5.41) is 3.23. The fourth-order valence-corrected chi connectivity index (χ4v) is 2.86. The number of para-hydroxylation sites is 1. The smallest absolute Gasteiger partial charge is 0.223 e. The van der Waals surface area contributed by atoms with Gasteiger partial charge in [-0.3, -0.25) is 4.79 Å². The number of fused-ring (bicyclic) bond motifs is 1. The van der Waals surface area contributed by atoms with Gasteiger partial charge in [0.05, 0.1) is 12.6 Å². The molecule has 1 amide bonds. The van der Waals surface area contributed by atoms with Crippen molar-refractivity contribution < 1.29 is 9.53 Å². The van der Waals surface area contributed by atoms with Crippen molar-refractivity contribution in [2.75, 3.05) is 6.61 Å². The molecule has 0 spiro atoms. The molecule has 20 heavy (non-hydrogen) atoms. The SMILES string of the molecule is CCC(CC)C(=O)NC1CCCOc2c(C)cccc21. The van der Waals surface area contributed by atoms with E-state index >= 15 is 0 Å². The Morgan fingerprint density at radius 2 is 2.15 bits per heavy atom. The number of carbonyl (C=O) groups excluding carboxylic acids is 1. The van der Waals surface area contributed by atoms with Gasteiger partial charge in [0.2, 0.25) is 5.91 Å². The molecule has 1 aliphatic heterocycles. The minimum atomic E-state index is 0.0838. The number of nitrogens with one attached hydrogen (secondary N) is 1. The van der Waals surface area contributed by atoms with E-state index in [0.29, 0.717) is 0 Å². The summed E-state index contributed by atoms with van der Waals surface area (Å²) in [6, 6.07) is 6.26. The van der Waals surface area contributed by atoms with Crippen LogP contribution >= 0.6 is 0 Å². The molecule has 1 aromatic carbocycles. The standard InChI is InChI=1S/C17H25NO2/c1-4-13(5-2)17(19)18-15-10-7-11-20-16-12(3)8-6-9-14(15)16/h6,8-9,13,15H,4-5,7,10-11H2,1-3H3,(H,18,19). The van der Waals surface area contributed by atoms with Crippen molar-refractivity contribution in [3.8, 4) is 5.75 Å². The van der Waals surface area contributed by atoms with E-state index in [-0.39, 0.29) is 17.9 Å². The zero-order chi connectivity index (χ0) is 14.5. The third-order valence-corrected chi connectivity index (χ3v) is 4.17. The van der Waals surface area contributed by atoms with Crippen LogP contribution in [0.3, 0.4) is 0 Å². The molecule has 2 rings (SSSR count). The largest absolute Gasteiger partial charge is 0.493 e. The minimum Gasteiger partial charge on any atom is -0.493 e. The van der Waals surface area contributed by atoms with Gasteiger partial charge in [0.25, 0.3) is 0 Å². The molecule has 0 saturated carbocycles. The van der Waals surface area contributed by atoms with Crippen LogP contribution in [0.2, 0.25) is 0 Å². The summed E-state index contributed by atoms with van der Waals surface area (Å²) in [6.45, 7) is 6.93. The van der Waals surface area contributed by atoms with Crippen LogP contribution in [-0.2, 0) is 4.79 Å². The number of benzene rings is 1. The third kappa shape index (κ3) is 3.14. The van der Waals surface area contributed by atoms with Crippen molar-refractivity contribution in [3.05, 3.63) is 29.3 Å². The number of hydrogen-bond donors (Lipinski definition) is 1. The van der Waals surface area contributed by atoms with Crippen molar-refractivity contribution in [1.29, 1.82) is 0 Å². The monoisotopic (exact) mass is 275 g/mol. The summed E-state index contributed by atoms with van der Waals surface area (Å²) in [5.74, 6) is 1.25. The van der Waals surface area contributed by atoms with Gasteiger partial charge in [0.15, 0.2) is 0 Å². The molecule has 1 aromatic rings. The fraction of sp³-hybridized carbons (Fsp3) is 0.588. The molecule has 3 nitrogen and oxygen atoms in total. The van der Waals surface area contributed by atoms with E-state index in [9.17, 15) is 4.79 Å². The van der Waals surface area contributed by atoms with Gasteiger partial charge in [-0.2, -0.15) is 0 Å². The Morgan fingerprint density at radius 3 is 2.85 bits per heavy atom. The van der Waals surface area contributed by atoms with Crippen LogP contribution in [0, 0.1) is 12.8 Å². The predicted molar refractivity (Wildman–Crippen MR) is 80.9 cm³/mol. The second-order valence-corrected chi connectivity index (χ2v) is 5.56. The minimum absolute atomic E-state index is 0.0838. The zero-order valence-corrected chi connectivity index (χ0v) is 12.7. The summed E-state index contributed by atoms with van der Waals surface area (Å²) >= 11 is 0. The number of hydrogen-bond acceptors (Lipinski definition) is 2. The first-order valence-electron chi connectivity index (χ1n) is 7.70. The average molecular weight is 275 g/mol. The number of aryl methyl sites for hydroxylation is 1. The van der Waals surface area contributed by atoms with Crippen LogP contribution in [0.4, 0.5) is 0 Å². The maximum atomic E-state index is 12.3. The lowest BCUT2D eigenvalue weighted by atomic mass is 9.97. The van der Waals surface area contributed by atoms with Gasteiger partial charge in [0.1, 0.15) is 5.75 Å². The van der Waals surface area contributed by atoms with Gasteiger partial charge in [-0.15, -0.1) is 0 Å². The summed E-state index contributed by atoms with van der Waals surface area (Å²) in [6.07, 6.45) is 3.71. The van der Waals surface area contributed by atoms with Gasteiger partial charge in [-0.05, 0) is 38.2 Å².